The molecular formula is C11H21N3. The van der Waals surface area contributed by atoms with Crippen molar-refractivity contribution in [2.45, 2.75) is 45.1 Å². The van der Waals surface area contributed by atoms with E-state index in [-0.39, 0.29) is 0 Å². The Morgan fingerprint density at radius 3 is 3.14 bits per heavy atom. The van der Waals surface area contributed by atoms with Crippen LogP contribution in [0.15, 0.2) is 4.99 Å². The fraction of sp³-hybridized carbons (Fsp3) is 0.909. The van der Waals surface area contributed by atoms with E-state index in [2.05, 4.69) is 22.5 Å². The van der Waals surface area contributed by atoms with Gasteiger partial charge in [0.25, 0.3) is 0 Å². The van der Waals surface area contributed by atoms with Gasteiger partial charge in [-0.1, -0.05) is 26.2 Å². The minimum atomic E-state index is 0.665. The summed E-state index contributed by atoms with van der Waals surface area (Å²) in [4.78, 5) is 4.38. The summed E-state index contributed by atoms with van der Waals surface area (Å²) in [5, 5.41) is 6.80. The van der Waals surface area contributed by atoms with Gasteiger partial charge in [-0.2, -0.15) is 0 Å². The monoisotopic (exact) mass is 195 g/mol. The van der Waals surface area contributed by atoms with E-state index in [0.29, 0.717) is 6.04 Å². The molecule has 1 saturated carbocycles. The van der Waals surface area contributed by atoms with Gasteiger partial charge in [0, 0.05) is 12.6 Å². The molecule has 1 aliphatic heterocycles. The first-order chi connectivity index (χ1) is 6.88. The summed E-state index contributed by atoms with van der Waals surface area (Å²) in [6, 6.07) is 0.665. The predicted octanol–water partition coefficient (Wildman–Crippen LogP) is 1.50. The molecule has 0 bridgehead atoms. The quantitative estimate of drug-likeness (QED) is 0.700. The maximum Gasteiger partial charge on any atom is 0.191 e. The SMILES string of the molecule is CCC1CCCC(NC2=NCCN2)C1. The molecule has 1 aliphatic carbocycles. The van der Waals surface area contributed by atoms with Crippen LogP contribution in [0.25, 0.3) is 0 Å². The van der Waals surface area contributed by atoms with Crippen molar-refractivity contribution >= 4 is 5.96 Å². The Kier molecular flexibility index (Phi) is 3.27. The zero-order chi connectivity index (χ0) is 9.80. The van der Waals surface area contributed by atoms with Gasteiger partial charge in [0.2, 0.25) is 0 Å². The Bertz CT molecular complexity index is 213. The molecule has 14 heavy (non-hydrogen) atoms. The molecule has 0 spiro atoms. The zero-order valence-electron chi connectivity index (χ0n) is 9.05. The molecule has 0 amide bonds. The van der Waals surface area contributed by atoms with Gasteiger partial charge in [-0.15, -0.1) is 0 Å². The lowest BCUT2D eigenvalue weighted by Gasteiger charge is -2.29. The summed E-state index contributed by atoms with van der Waals surface area (Å²) in [5.74, 6) is 1.97. The molecule has 2 N–H and O–H groups in total. The van der Waals surface area contributed by atoms with E-state index in [9.17, 15) is 0 Å². The summed E-state index contributed by atoms with van der Waals surface area (Å²) in [6.07, 6.45) is 6.78. The van der Waals surface area contributed by atoms with Gasteiger partial charge in [0.15, 0.2) is 5.96 Å². The predicted molar refractivity (Wildman–Crippen MR) is 59.5 cm³/mol. The van der Waals surface area contributed by atoms with Crippen molar-refractivity contribution in [1.29, 1.82) is 0 Å². The van der Waals surface area contributed by atoms with Crippen LogP contribution in [0.5, 0.6) is 0 Å². The smallest absolute Gasteiger partial charge is 0.191 e. The Morgan fingerprint density at radius 1 is 1.50 bits per heavy atom. The Labute approximate surface area is 86.4 Å². The number of guanidine groups is 1. The van der Waals surface area contributed by atoms with Gasteiger partial charge in [-0.3, -0.25) is 4.99 Å². The summed E-state index contributed by atoms with van der Waals surface area (Å²) in [5.41, 5.74) is 0. The zero-order valence-corrected chi connectivity index (χ0v) is 9.05. The lowest BCUT2D eigenvalue weighted by Crippen LogP contribution is -2.43. The van der Waals surface area contributed by atoms with Crippen LogP contribution in [0.1, 0.15) is 39.0 Å². The largest absolute Gasteiger partial charge is 0.355 e. The lowest BCUT2D eigenvalue weighted by molar-refractivity contribution is 0.299. The summed E-state index contributed by atoms with van der Waals surface area (Å²) < 4.78 is 0. The molecule has 80 valence electrons. The fourth-order valence-corrected chi connectivity index (χ4v) is 2.48. The first-order valence-corrected chi connectivity index (χ1v) is 5.93. The number of rotatable bonds is 2. The van der Waals surface area contributed by atoms with Crippen molar-refractivity contribution in [1.82, 2.24) is 10.6 Å². The van der Waals surface area contributed by atoms with Crippen LogP contribution in [0.3, 0.4) is 0 Å². The number of hydrogen-bond donors (Lipinski definition) is 2. The summed E-state index contributed by atoms with van der Waals surface area (Å²) in [6.45, 7) is 4.25. The summed E-state index contributed by atoms with van der Waals surface area (Å²) >= 11 is 0. The Hall–Kier alpha value is -0.730. The van der Waals surface area contributed by atoms with Crippen LogP contribution in [0.4, 0.5) is 0 Å². The van der Waals surface area contributed by atoms with Crippen LogP contribution in [-0.2, 0) is 0 Å². The van der Waals surface area contributed by atoms with E-state index in [1.54, 1.807) is 0 Å². The lowest BCUT2D eigenvalue weighted by atomic mass is 9.84. The molecule has 2 aliphatic rings. The first kappa shape index (κ1) is 9.81. The number of nitrogens with zero attached hydrogens (tertiary/aromatic N) is 1. The van der Waals surface area contributed by atoms with E-state index < -0.39 is 0 Å². The van der Waals surface area contributed by atoms with Crippen molar-refractivity contribution in [2.75, 3.05) is 13.1 Å². The molecule has 1 fully saturated rings. The average molecular weight is 195 g/mol. The van der Waals surface area contributed by atoms with Crippen molar-refractivity contribution < 1.29 is 0 Å². The van der Waals surface area contributed by atoms with Gasteiger partial charge >= 0.3 is 0 Å². The van der Waals surface area contributed by atoms with E-state index in [1.165, 1.54) is 32.1 Å². The highest BCUT2D eigenvalue weighted by atomic mass is 15.2. The Balaban J connectivity index is 1.79. The van der Waals surface area contributed by atoms with Crippen LogP contribution >= 0.6 is 0 Å². The standard InChI is InChI=1S/C11H21N3/c1-2-9-4-3-5-10(8-9)14-11-12-6-7-13-11/h9-10H,2-8H2,1H3,(H2,12,13,14). The maximum atomic E-state index is 4.38. The molecule has 2 rings (SSSR count). The normalized spacial score (nSPS) is 32.2. The highest BCUT2D eigenvalue weighted by Crippen LogP contribution is 2.26. The maximum absolute atomic E-state index is 4.38. The van der Waals surface area contributed by atoms with Crippen molar-refractivity contribution in [2.24, 2.45) is 10.9 Å². The minimum Gasteiger partial charge on any atom is -0.355 e. The summed E-state index contributed by atoms with van der Waals surface area (Å²) in [7, 11) is 0. The molecular weight excluding hydrogens is 174 g/mol. The number of nitrogens with one attached hydrogen (secondary N) is 2. The van der Waals surface area contributed by atoms with Gasteiger partial charge < -0.3 is 10.6 Å². The van der Waals surface area contributed by atoms with Crippen molar-refractivity contribution in [3.8, 4) is 0 Å². The van der Waals surface area contributed by atoms with Gasteiger partial charge in [-0.25, -0.2) is 0 Å². The van der Waals surface area contributed by atoms with E-state index >= 15 is 0 Å². The fourth-order valence-electron chi connectivity index (χ4n) is 2.48. The second kappa shape index (κ2) is 4.67. The average Bonchev–Trinajstić information content (AvgIpc) is 2.71. The molecule has 0 saturated heterocycles. The highest BCUT2D eigenvalue weighted by Gasteiger charge is 2.21. The van der Waals surface area contributed by atoms with Gasteiger partial charge in [0.05, 0.1) is 6.54 Å². The molecule has 2 unspecified atom stereocenters. The molecule has 0 aromatic carbocycles. The Morgan fingerprint density at radius 2 is 2.43 bits per heavy atom. The molecule has 1 heterocycles. The third-order valence-electron chi connectivity index (χ3n) is 3.38. The minimum absolute atomic E-state index is 0.665. The molecule has 3 nitrogen and oxygen atoms in total. The number of aliphatic imine (C=N–C) groups is 1. The van der Waals surface area contributed by atoms with Gasteiger partial charge in [-0.05, 0) is 18.8 Å². The second-order valence-electron chi connectivity index (χ2n) is 4.44. The number of hydrogen-bond acceptors (Lipinski definition) is 3. The highest BCUT2D eigenvalue weighted by molar-refractivity contribution is 5.81. The van der Waals surface area contributed by atoms with Crippen LogP contribution in [-0.4, -0.2) is 25.1 Å². The second-order valence-corrected chi connectivity index (χ2v) is 4.44. The van der Waals surface area contributed by atoms with E-state index in [0.717, 1.165) is 25.0 Å². The van der Waals surface area contributed by atoms with Crippen molar-refractivity contribution in [3.63, 3.8) is 0 Å². The van der Waals surface area contributed by atoms with Crippen LogP contribution < -0.4 is 10.6 Å². The first-order valence-electron chi connectivity index (χ1n) is 5.93. The topological polar surface area (TPSA) is 36.4 Å². The van der Waals surface area contributed by atoms with Gasteiger partial charge in [0.1, 0.15) is 0 Å². The van der Waals surface area contributed by atoms with E-state index in [4.69, 9.17) is 0 Å². The van der Waals surface area contributed by atoms with Crippen molar-refractivity contribution in [3.05, 3.63) is 0 Å². The molecule has 0 radical (unpaired) electrons. The third kappa shape index (κ3) is 2.40. The molecule has 2 atom stereocenters. The molecule has 0 aromatic heterocycles. The third-order valence-corrected chi connectivity index (χ3v) is 3.38. The molecule has 0 aromatic rings. The molecule has 3 heteroatoms. The van der Waals surface area contributed by atoms with Crippen LogP contribution in [0.2, 0.25) is 0 Å². The van der Waals surface area contributed by atoms with E-state index in [1.807, 2.05) is 0 Å². The van der Waals surface area contributed by atoms with Crippen LogP contribution in [0, 0.1) is 5.92 Å².